The highest BCUT2D eigenvalue weighted by Crippen LogP contribution is 2.29. The number of rotatable bonds is 4. The van der Waals surface area contributed by atoms with E-state index >= 15 is 0 Å². The number of likely N-dealkylation sites (N-methyl/N-ethyl adjacent to an activating group) is 1. The third kappa shape index (κ3) is 3.22. The number of nitrogens with zero attached hydrogens (tertiary/aromatic N) is 1. The van der Waals surface area contributed by atoms with E-state index in [2.05, 4.69) is 63.8 Å². The summed E-state index contributed by atoms with van der Waals surface area (Å²) in [5.41, 5.74) is 8.79. The molecule has 17 heavy (non-hydrogen) atoms. The molecule has 0 saturated heterocycles. The van der Waals surface area contributed by atoms with Gasteiger partial charge in [-0.3, -0.25) is 0 Å². The summed E-state index contributed by atoms with van der Waals surface area (Å²) in [4.78, 5) is 2.43. The van der Waals surface area contributed by atoms with E-state index in [1.54, 1.807) is 0 Å². The summed E-state index contributed by atoms with van der Waals surface area (Å²) in [6, 6.07) is 8.90. The fraction of sp³-hybridized carbons (Fsp3) is 0.600. The van der Waals surface area contributed by atoms with Gasteiger partial charge in [-0.15, -0.1) is 0 Å². The molecule has 2 heteroatoms. The molecule has 0 aliphatic carbocycles. The Bertz CT molecular complexity index is 352. The lowest BCUT2D eigenvalue weighted by Gasteiger charge is -2.41. The first-order chi connectivity index (χ1) is 7.91. The van der Waals surface area contributed by atoms with Crippen LogP contribution in [-0.4, -0.2) is 19.1 Å². The lowest BCUT2D eigenvalue weighted by Crippen LogP contribution is -2.49. The maximum atomic E-state index is 5.98. The highest BCUT2D eigenvalue weighted by atomic mass is 15.2. The van der Waals surface area contributed by atoms with E-state index in [0.717, 1.165) is 6.54 Å². The third-order valence-corrected chi connectivity index (χ3v) is 3.36. The van der Waals surface area contributed by atoms with E-state index in [-0.39, 0.29) is 5.41 Å². The molecule has 0 heterocycles. The lowest BCUT2D eigenvalue weighted by molar-refractivity contribution is 0.309. The van der Waals surface area contributed by atoms with Gasteiger partial charge < -0.3 is 10.6 Å². The minimum atomic E-state index is 0.188. The highest BCUT2D eigenvalue weighted by Gasteiger charge is 2.29. The van der Waals surface area contributed by atoms with Crippen LogP contribution in [0.4, 0.5) is 5.69 Å². The van der Waals surface area contributed by atoms with Gasteiger partial charge in [-0.2, -0.15) is 0 Å². The van der Waals surface area contributed by atoms with Gasteiger partial charge in [-0.25, -0.2) is 0 Å². The highest BCUT2D eigenvalue weighted by molar-refractivity contribution is 5.54. The predicted octanol–water partition coefficient (Wildman–Crippen LogP) is 3.19. The minimum Gasteiger partial charge on any atom is -0.367 e. The van der Waals surface area contributed by atoms with Crippen molar-refractivity contribution in [3.8, 4) is 0 Å². The van der Waals surface area contributed by atoms with Gasteiger partial charge in [0.2, 0.25) is 0 Å². The van der Waals surface area contributed by atoms with Crippen molar-refractivity contribution >= 4 is 5.69 Å². The Hall–Kier alpha value is -1.02. The molecule has 96 valence electrons. The van der Waals surface area contributed by atoms with E-state index < -0.39 is 0 Å². The zero-order valence-corrected chi connectivity index (χ0v) is 11.8. The lowest BCUT2D eigenvalue weighted by atomic mass is 9.85. The topological polar surface area (TPSA) is 29.3 Å². The number of para-hydroxylation sites is 1. The van der Waals surface area contributed by atoms with Gasteiger partial charge in [0.15, 0.2) is 0 Å². The zero-order chi connectivity index (χ0) is 13.1. The zero-order valence-electron chi connectivity index (χ0n) is 11.8. The molecule has 1 atom stereocenters. The Labute approximate surface area is 106 Å². The van der Waals surface area contributed by atoms with Crippen molar-refractivity contribution < 1.29 is 0 Å². The van der Waals surface area contributed by atoms with E-state index in [1.165, 1.54) is 11.3 Å². The molecule has 0 aliphatic heterocycles. The van der Waals surface area contributed by atoms with Crippen LogP contribution in [0, 0.1) is 12.3 Å². The minimum absolute atomic E-state index is 0.188. The Morgan fingerprint density at radius 1 is 1.24 bits per heavy atom. The summed E-state index contributed by atoms with van der Waals surface area (Å²) in [5.74, 6) is 0. The Kier molecular flexibility index (Phi) is 4.58. The number of hydrogen-bond donors (Lipinski definition) is 1. The Morgan fingerprint density at radius 3 is 2.24 bits per heavy atom. The Morgan fingerprint density at radius 2 is 1.82 bits per heavy atom. The molecular weight excluding hydrogens is 208 g/mol. The second-order valence-corrected chi connectivity index (χ2v) is 5.69. The van der Waals surface area contributed by atoms with E-state index in [4.69, 9.17) is 5.73 Å². The smallest absolute Gasteiger partial charge is 0.0460 e. The molecule has 0 aliphatic rings. The molecule has 1 aromatic rings. The van der Waals surface area contributed by atoms with E-state index in [1.807, 2.05) is 0 Å². The van der Waals surface area contributed by atoms with Crippen LogP contribution in [0.25, 0.3) is 0 Å². The van der Waals surface area contributed by atoms with Gasteiger partial charge in [-0.1, -0.05) is 39.0 Å². The monoisotopic (exact) mass is 234 g/mol. The fourth-order valence-corrected chi connectivity index (χ4v) is 2.39. The summed E-state index contributed by atoms with van der Waals surface area (Å²) < 4.78 is 0. The molecule has 0 fully saturated rings. The normalized spacial score (nSPS) is 13.5. The molecule has 0 saturated carbocycles. The van der Waals surface area contributed by atoms with Gasteiger partial charge in [0.25, 0.3) is 0 Å². The van der Waals surface area contributed by atoms with Crippen LogP contribution in [-0.2, 0) is 0 Å². The number of hydrogen-bond acceptors (Lipinski definition) is 2. The van der Waals surface area contributed by atoms with Crippen molar-refractivity contribution in [1.29, 1.82) is 0 Å². The SMILES string of the molecule is CCN(c1ccccc1C)C(CN)C(C)(C)C. The van der Waals surface area contributed by atoms with Gasteiger partial charge >= 0.3 is 0 Å². The first kappa shape index (κ1) is 14.0. The maximum Gasteiger partial charge on any atom is 0.0460 e. The van der Waals surface area contributed by atoms with Crippen molar-refractivity contribution in [3.63, 3.8) is 0 Å². The first-order valence-electron chi connectivity index (χ1n) is 6.44. The van der Waals surface area contributed by atoms with Crippen molar-refractivity contribution in [2.24, 2.45) is 11.1 Å². The summed E-state index contributed by atoms with van der Waals surface area (Å²) in [5, 5.41) is 0. The molecule has 0 spiro atoms. The molecule has 2 nitrogen and oxygen atoms in total. The second kappa shape index (κ2) is 5.54. The van der Waals surface area contributed by atoms with E-state index in [9.17, 15) is 0 Å². The molecule has 1 rings (SSSR count). The average molecular weight is 234 g/mol. The van der Waals surface area contributed by atoms with Gasteiger partial charge in [0, 0.05) is 24.8 Å². The third-order valence-electron chi connectivity index (χ3n) is 3.36. The van der Waals surface area contributed by atoms with Gasteiger partial charge in [0.05, 0.1) is 0 Å². The van der Waals surface area contributed by atoms with Crippen LogP contribution in [0.1, 0.15) is 33.3 Å². The maximum absolute atomic E-state index is 5.98. The fourth-order valence-electron chi connectivity index (χ4n) is 2.39. The summed E-state index contributed by atoms with van der Waals surface area (Å²) in [6.45, 7) is 12.8. The number of anilines is 1. The van der Waals surface area contributed by atoms with Crippen LogP contribution in [0.3, 0.4) is 0 Å². The molecule has 1 unspecified atom stereocenters. The predicted molar refractivity (Wildman–Crippen MR) is 76.5 cm³/mol. The number of aryl methyl sites for hydroxylation is 1. The summed E-state index contributed by atoms with van der Waals surface area (Å²) in [7, 11) is 0. The first-order valence-corrected chi connectivity index (χ1v) is 6.44. The number of nitrogens with two attached hydrogens (primary N) is 1. The standard InChI is InChI=1S/C15H26N2/c1-6-17(14(11-16)15(3,4)5)13-10-8-7-9-12(13)2/h7-10,14H,6,11,16H2,1-5H3. The van der Waals surface area contributed by atoms with Crippen LogP contribution in [0.5, 0.6) is 0 Å². The molecule has 0 aromatic heterocycles. The molecule has 2 N–H and O–H groups in total. The van der Waals surface area contributed by atoms with Crippen molar-refractivity contribution in [2.45, 2.75) is 40.7 Å². The van der Waals surface area contributed by atoms with Gasteiger partial charge in [-0.05, 0) is 30.9 Å². The molecule has 1 aromatic carbocycles. The second-order valence-electron chi connectivity index (χ2n) is 5.69. The Balaban J connectivity index is 3.10. The van der Waals surface area contributed by atoms with Crippen LogP contribution < -0.4 is 10.6 Å². The van der Waals surface area contributed by atoms with Crippen LogP contribution in [0.2, 0.25) is 0 Å². The van der Waals surface area contributed by atoms with Crippen LogP contribution >= 0.6 is 0 Å². The molecule has 0 amide bonds. The van der Waals surface area contributed by atoms with Crippen molar-refractivity contribution in [3.05, 3.63) is 29.8 Å². The average Bonchev–Trinajstić information content (AvgIpc) is 2.25. The van der Waals surface area contributed by atoms with Gasteiger partial charge in [0.1, 0.15) is 0 Å². The number of benzene rings is 1. The van der Waals surface area contributed by atoms with E-state index in [0.29, 0.717) is 12.6 Å². The summed E-state index contributed by atoms with van der Waals surface area (Å²) >= 11 is 0. The summed E-state index contributed by atoms with van der Waals surface area (Å²) in [6.07, 6.45) is 0. The quantitative estimate of drug-likeness (QED) is 0.867. The van der Waals surface area contributed by atoms with Crippen LogP contribution in [0.15, 0.2) is 24.3 Å². The molecule has 0 radical (unpaired) electrons. The largest absolute Gasteiger partial charge is 0.367 e. The van der Waals surface area contributed by atoms with Crippen molar-refractivity contribution in [1.82, 2.24) is 0 Å². The van der Waals surface area contributed by atoms with Crippen molar-refractivity contribution in [2.75, 3.05) is 18.0 Å². The molecule has 0 bridgehead atoms. The molecular formula is C15H26N2.